The number of carbonyl (C=O) groups excluding carboxylic acids is 1. The van der Waals surface area contributed by atoms with Crippen molar-refractivity contribution in [2.75, 3.05) is 6.54 Å². The molecule has 0 bridgehead atoms. The normalized spacial score (nSPS) is 13.6. The fourth-order valence-corrected chi connectivity index (χ4v) is 1.92. The lowest BCUT2D eigenvalue weighted by atomic mass is 9.97. The Bertz CT molecular complexity index is 504. The molecule has 1 aromatic rings. The smallest absolute Gasteiger partial charge is 0.272 e. The van der Waals surface area contributed by atoms with E-state index in [1.807, 2.05) is 0 Å². The second-order valence-electron chi connectivity index (χ2n) is 4.53. The number of amides is 1. The lowest BCUT2D eigenvalue weighted by Gasteiger charge is -2.19. The number of hydrogen-bond acceptors (Lipinski definition) is 5. The molecule has 0 fully saturated rings. The maximum Gasteiger partial charge on any atom is 0.272 e. The van der Waals surface area contributed by atoms with Crippen molar-refractivity contribution in [3.63, 3.8) is 0 Å². The second-order valence-corrected chi connectivity index (χ2v) is 4.53. The summed E-state index contributed by atoms with van der Waals surface area (Å²) in [5.74, 6) is -0.224. The minimum atomic E-state index is -1.23. The minimum Gasteiger partial charge on any atom is -0.390 e. The maximum absolute atomic E-state index is 10.8. The lowest BCUT2D eigenvalue weighted by Crippen LogP contribution is -2.28. The molecule has 0 spiro atoms. The van der Waals surface area contributed by atoms with Crippen molar-refractivity contribution in [1.29, 1.82) is 0 Å². The summed E-state index contributed by atoms with van der Waals surface area (Å²) in [6.07, 6.45) is -2.19. The average Bonchev–Trinajstić information content (AvgIpc) is 2.37. The first-order valence-electron chi connectivity index (χ1n) is 6.19. The van der Waals surface area contributed by atoms with Crippen LogP contribution in [0.2, 0.25) is 0 Å². The third kappa shape index (κ3) is 4.01. The van der Waals surface area contributed by atoms with Gasteiger partial charge < -0.3 is 15.5 Å². The fourth-order valence-electron chi connectivity index (χ4n) is 1.92. The van der Waals surface area contributed by atoms with Gasteiger partial charge in [0.25, 0.3) is 5.69 Å². The third-order valence-corrected chi connectivity index (χ3v) is 3.04. The van der Waals surface area contributed by atoms with E-state index in [0.717, 1.165) is 0 Å². The molecule has 0 saturated carbocycles. The molecule has 0 aliphatic heterocycles. The van der Waals surface area contributed by atoms with Crippen LogP contribution in [0.4, 0.5) is 5.69 Å². The van der Waals surface area contributed by atoms with E-state index < -0.39 is 17.1 Å². The summed E-state index contributed by atoms with van der Waals surface area (Å²) in [5.41, 5.74) is 0.536. The molecule has 1 aromatic carbocycles. The van der Waals surface area contributed by atoms with Crippen molar-refractivity contribution in [3.05, 3.63) is 39.4 Å². The van der Waals surface area contributed by atoms with E-state index in [0.29, 0.717) is 11.1 Å². The molecular weight excluding hydrogens is 264 g/mol. The molecule has 20 heavy (non-hydrogen) atoms. The zero-order valence-electron chi connectivity index (χ0n) is 11.4. The van der Waals surface area contributed by atoms with Crippen LogP contribution in [0.15, 0.2) is 18.2 Å². The lowest BCUT2D eigenvalue weighted by molar-refractivity contribution is -0.385. The molecule has 0 heterocycles. The molecule has 7 heteroatoms. The highest BCUT2D eigenvalue weighted by atomic mass is 16.6. The average molecular weight is 282 g/mol. The maximum atomic E-state index is 10.8. The topological polar surface area (TPSA) is 113 Å². The molecule has 1 amide bonds. The van der Waals surface area contributed by atoms with Crippen molar-refractivity contribution >= 4 is 11.6 Å². The van der Waals surface area contributed by atoms with Crippen LogP contribution in [0.5, 0.6) is 0 Å². The Balaban J connectivity index is 2.81. The summed E-state index contributed by atoms with van der Waals surface area (Å²) in [6.45, 7) is 3.10. The van der Waals surface area contributed by atoms with Crippen molar-refractivity contribution in [2.45, 2.75) is 32.5 Å². The molecule has 0 aliphatic carbocycles. The van der Waals surface area contributed by atoms with Crippen LogP contribution in [0, 0.1) is 17.0 Å². The molecule has 1 rings (SSSR count). The molecule has 2 unspecified atom stereocenters. The Labute approximate surface area is 116 Å². The van der Waals surface area contributed by atoms with Crippen LogP contribution < -0.4 is 5.32 Å². The predicted molar refractivity (Wildman–Crippen MR) is 72.1 cm³/mol. The van der Waals surface area contributed by atoms with Crippen molar-refractivity contribution < 1.29 is 19.9 Å². The van der Waals surface area contributed by atoms with Crippen molar-refractivity contribution in [3.8, 4) is 0 Å². The number of aliphatic hydroxyl groups excluding tert-OH is 2. The molecule has 110 valence electrons. The Kier molecular flexibility index (Phi) is 5.60. The largest absolute Gasteiger partial charge is 0.390 e. The fraction of sp³-hybridized carbons (Fsp3) is 0.462. The number of hydrogen-bond donors (Lipinski definition) is 3. The van der Waals surface area contributed by atoms with E-state index in [-0.39, 0.29) is 24.6 Å². The van der Waals surface area contributed by atoms with Gasteiger partial charge in [0, 0.05) is 25.1 Å². The molecule has 0 aliphatic rings. The summed E-state index contributed by atoms with van der Waals surface area (Å²) in [6, 6.07) is 4.34. The van der Waals surface area contributed by atoms with E-state index in [2.05, 4.69) is 5.32 Å². The van der Waals surface area contributed by atoms with Gasteiger partial charge in [-0.25, -0.2) is 0 Å². The van der Waals surface area contributed by atoms with Crippen LogP contribution in [-0.4, -0.2) is 33.7 Å². The Morgan fingerprint density at radius 2 is 2.10 bits per heavy atom. The number of benzene rings is 1. The standard InChI is InChI=1S/C13H18N2O5/c1-8-10(4-3-5-11(8)15(19)20)13(18)12(17)6-7-14-9(2)16/h3-5,12-13,17-18H,6-7H2,1-2H3,(H,14,16). The van der Waals surface area contributed by atoms with E-state index in [4.69, 9.17) is 0 Å². The van der Waals surface area contributed by atoms with E-state index in [1.54, 1.807) is 0 Å². The number of rotatable bonds is 6. The first-order valence-corrected chi connectivity index (χ1v) is 6.19. The molecule has 0 saturated heterocycles. The Morgan fingerprint density at radius 1 is 1.45 bits per heavy atom. The van der Waals surface area contributed by atoms with Crippen molar-refractivity contribution in [2.24, 2.45) is 0 Å². The van der Waals surface area contributed by atoms with Gasteiger partial charge in [-0.1, -0.05) is 12.1 Å². The van der Waals surface area contributed by atoms with E-state index in [9.17, 15) is 25.1 Å². The number of aliphatic hydroxyl groups is 2. The Morgan fingerprint density at radius 3 is 2.65 bits per heavy atom. The molecule has 0 aromatic heterocycles. The highest BCUT2D eigenvalue weighted by Gasteiger charge is 2.23. The number of nitrogens with one attached hydrogen (secondary N) is 1. The molecule has 0 radical (unpaired) electrons. The second kappa shape index (κ2) is 6.97. The van der Waals surface area contributed by atoms with Gasteiger partial charge in [-0.3, -0.25) is 14.9 Å². The zero-order chi connectivity index (χ0) is 15.3. The summed E-state index contributed by atoms with van der Waals surface area (Å²) in [5, 5.41) is 33.3. The third-order valence-electron chi connectivity index (χ3n) is 3.04. The summed E-state index contributed by atoms with van der Waals surface area (Å²) >= 11 is 0. The molecule has 2 atom stereocenters. The predicted octanol–water partition coefficient (Wildman–Crippen LogP) is 0.824. The summed E-state index contributed by atoms with van der Waals surface area (Å²) < 4.78 is 0. The summed E-state index contributed by atoms with van der Waals surface area (Å²) in [7, 11) is 0. The van der Waals surface area contributed by atoms with Gasteiger partial charge in [-0.2, -0.15) is 0 Å². The van der Waals surface area contributed by atoms with Gasteiger partial charge in [0.1, 0.15) is 6.10 Å². The molecular formula is C13H18N2O5. The van der Waals surface area contributed by atoms with Gasteiger partial charge in [0.2, 0.25) is 5.91 Å². The van der Waals surface area contributed by atoms with Crippen LogP contribution in [0.3, 0.4) is 0 Å². The SMILES string of the molecule is CC(=O)NCCC(O)C(O)c1cccc([N+](=O)[O-])c1C. The first-order chi connectivity index (χ1) is 9.34. The highest BCUT2D eigenvalue weighted by molar-refractivity contribution is 5.72. The van der Waals surface area contributed by atoms with Gasteiger partial charge >= 0.3 is 0 Å². The van der Waals surface area contributed by atoms with Gasteiger partial charge in [0.15, 0.2) is 0 Å². The van der Waals surface area contributed by atoms with E-state index >= 15 is 0 Å². The number of nitrogens with zero attached hydrogens (tertiary/aromatic N) is 1. The molecule has 3 N–H and O–H groups in total. The van der Waals surface area contributed by atoms with Gasteiger partial charge in [-0.15, -0.1) is 0 Å². The number of nitro groups is 1. The number of carbonyl (C=O) groups is 1. The van der Waals surface area contributed by atoms with E-state index in [1.165, 1.54) is 32.0 Å². The van der Waals surface area contributed by atoms with Crippen LogP contribution in [-0.2, 0) is 4.79 Å². The quantitative estimate of drug-likeness (QED) is 0.528. The monoisotopic (exact) mass is 282 g/mol. The molecule has 7 nitrogen and oxygen atoms in total. The minimum absolute atomic E-state index is 0.101. The Hall–Kier alpha value is -1.99. The summed E-state index contributed by atoms with van der Waals surface area (Å²) in [4.78, 5) is 21.0. The van der Waals surface area contributed by atoms with Crippen LogP contribution in [0.1, 0.15) is 30.6 Å². The number of nitro benzene ring substituents is 1. The van der Waals surface area contributed by atoms with Crippen LogP contribution >= 0.6 is 0 Å². The highest BCUT2D eigenvalue weighted by Crippen LogP contribution is 2.28. The van der Waals surface area contributed by atoms with Crippen LogP contribution in [0.25, 0.3) is 0 Å². The van der Waals surface area contributed by atoms with Gasteiger partial charge in [-0.05, 0) is 18.9 Å². The van der Waals surface area contributed by atoms with Gasteiger partial charge in [0.05, 0.1) is 11.0 Å². The first kappa shape index (κ1) is 16.1. The van der Waals surface area contributed by atoms with Crippen molar-refractivity contribution in [1.82, 2.24) is 5.32 Å². The zero-order valence-corrected chi connectivity index (χ0v) is 11.4.